The molecule has 0 aliphatic carbocycles. The van der Waals surface area contributed by atoms with Crippen LogP contribution in [-0.4, -0.2) is 71.4 Å². The summed E-state index contributed by atoms with van der Waals surface area (Å²) in [5.41, 5.74) is 0. The second-order valence-electron chi connectivity index (χ2n) is 13.0. The number of esters is 2. The lowest BCUT2D eigenvalue weighted by Gasteiger charge is -2.38. The average Bonchev–Trinajstić information content (AvgIpc) is 3.46. The van der Waals surface area contributed by atoms with Crippen LogP contribution in [0.2, 0.25) is 0 Å². The minimum Gasteiger partial charge on any atom is -0.465 e. The van der Waals surface area contributed by atoms with Crippen LogP contribution >= 0.6 is 0 Å². The number of carbonyl (C=O) groups excluding carboxylic acids is 4. The predicted octanol–water partition coefficient (Wildman–Crippen LogP) is 5.08. The highest BCUT2D eigenvalue weighted by Gasteiger charge is 2.44. The molecule has 5 unspecified atom stereocenters. The molecule has 0 spiro atoms. The maximum absolute atomic E-state index is 13.9. The summed E-state index contributed by atoms with van der Waals surface area (Å²) in [5, 5.41) is 0. The highest BCUT2D eigenvalue weighted by Crippen LogP contribution is 2.35. The molecule has 2 aliphatic heterocycles. The smallest absolute Gasteiger partial charge is 0.310 e. The summed E-state index contributed by atoms with van der Waals surface area (Å²) in [6.45, 7) is 19.6. The summed E-state index contributed by atoms with van der Waals surface area (Å²) in [5.74, 6) is -1.52. The van der Waals surface area contributed by atoms with Gasteiger partial charge in [0.2, 0.25) is 11.8 Å². The molecular formula is C31H54N2O6. The van der Waals surface area contributed by atoms with E-state index in [4.69, 9.17) is 9.47 Å². The summed E-state index contributed by atoms with van der Waals surface area (Å²) < 4.78 is 11.6. The predicted molar refractivity (Wildman–Crippen MR) is 152 cm³/mol. The number of hydrogen-bond donors (Lipinski definition) is 0. The highest BCUT2D eigenvalue weighted by atomic mass is 16.5. The molecule has 2 aliphatic rings. The fourth-order valence-electron chi connectivity index (χ4n) is 5.76. The largest absolute Gasteiger partial charge is 0.465 e. The van der Waals surface area contributed by atoms with Crippen LogP contribution in [-0.2, 0) is 28.7 Å². The fourth-order valence-corrected chi connectivity index (χ4v) is 5.76. The molecule has 2 amide bonds. The SMILES string of the molecule is CC(C)OC(=O)C(CC(C(C)C)N1CCCC1=O)C(CC(C(C)C)N1CCCC1=O)C(=O)OCC(C)C(C)C. The van der Waals surface area contributed by atoms with Crippen LogP contribution < -0.4 is 0 Å². The van der Waals surface area contributed by atoms with E-state index < -0.39 is 23.8 Å². The Morgan fingerprint density at radius 2 is 1.13 bits per heavy atom. The molecule has 224 valence electrons. The van der Waals surface area contributed by atoms with Gasteiger partial charge in [-0.05, 0) is 63.2 Å². The van der Waals surface area contributed by atoms with Gasteiger partial charge in [-0.1, -0.05) is 48.5 Å². The van der Waals surface area contributed by atoms with E-state index in [2.05, 4.69) is 41.5 Å². The molecule has 0 bridgehead atoms. The Morgan fingerprint density at radius 1 is 0.692 bits per heavy atom. The lowest BCUT2D eigenvalue weighted by molar-refractivity contribution is -0.166. The molecule has 0 saturated carbocycles. The molecular weight excluding hydrogens is 496 g/mol. The van der Waals surface area contributed by atoms with Gasteiger partial charge in [0.1, 0.15) is 0 Å². The fraction of sp³-hybridized carbons (Fsp3) is 0.871. The van der Waals surface area contributed by atoms with Gasteiger partial charge in [-0.25, -0.2) is 0 Å². The number of carbonyl (C=O) groups is 4. The summed E-state index contributed by atoms with van der Waals surface area (Å²) in [6, 6.07) is -0.388. The monoisotopic (exact) mass is 550 g/mol. The Balaban J connectivity index is 2.49. The topological polar surface area (TPSA) is 93.2 Å². The first-order valence-electron chi connectivity index (χ1n) is 15.2. The molecule has 2 saturated heterocycles. The summed E-state index contributed by atoms with van der Waals surface area (Å²) in [6.07, 6.45) is 2.93. The maximum atomic E-state index is 13.9. The average molecular weight is 551 g/mol. The van der Waals surface area contributed by atoms with E-state index in [0.29, 0.717) is 44.7 Å². The normalized spacial score (nSPS) is 20.2. The van der Waals surface area contributed by atoms with Crippen LogP contribution in [0.1, 0.15) is 101 Å². The van der Waals surface area contributed by atoms with E-state index >= 15 is 0 Å². The zero-order chi connectivity index (χ0) is 29.4. The van der Waals surface area contributed by atoms with Crippen LogP contribution in [0.4, 0.5) is 0 Å². The third-order valence-electron chi connectivity index (χ3n) is 8.62. The van der Waals surface area contributed by atoms with Gasteiger partial charge in [-0.3, -0.25) is 19.2 Å². The van der Waals surface area contributed by atoms with Crippen molar-refractivity contribution < 1.29 is 28.7 Å². The van der Waals surface area contributed by atoms with Crippen LogP contribution in [0.25, 0.3) is 0 Å². The quantitative estimate of drug-likeness (QED) is 0.264. The number of likely N-dealkylation sites (tertiary alicyclic amines) is 2. The maximum Gasteiger partial charge on any atom is 0.310 e. The van der Waals surface area contributed by atoms with Crippen molar-refractivity contribution in [3.05, 3.63) is 0 Å². The lowest BCUT2D eigenvalue weighted by Crippen LogP contribution is -2.48. The van der Waals surface area contributed by atoms with Crippen molar-refractivity contribution in [1.82, 2.24) is 9.80 Å². The Kier molecular flexibility index (Phi) is 12.8. The minimum absolute atomic E-state index is 0.0947. The van der Waals surface area contributed by atoms with Gasteiger partial charge in [0.05, 0.1) is 24.5 Å². The molecule has 0 aromatic rings. The van der Waals surface area contributed by atoms with E-state index in [1.165, 1.54) is 0 Å². The van der Waals surface area contributed by atoms with Gasteiger partial charge >= 0.3 is 11.9 Å². The standard InChI is InChI=1S/C31H54N2O6/c1-19(2)23(9)18-38-30(36)24(16-26(20(3)4)32-14-10-12-28(32)34)25(31(37)39-22(7)8)17-27(21(5)6)33-15-11-13-29(33)35/h19-27H,10-18H2,1-9H3. The molecule has 0 aromatic heterocycles. The van der Waals surface area contributed by atoms with E-state index in [9.17, 15) is 19.2 Å². The Morgan fingerprint density at radius 3 is 1.46 bits per heavy atom. The van der Waals surface area contributed by atoms with Crippen molar-refractivity contribution in [3.8, 4) is 0 Å². The molecule has 0 radical (unpaired) electrons. The first-order valence-corrected chi connectivity index (χ1v) is 15.2. The van der Waals surface area contributed by atoms with E-state index in [1.807, 2.05) is 16.7 Å². The highest BCUT2D eigenvalue weighted by molar-refractivity contribution is 5.83. The Hall–Kier alpha value is -2.12. The van der Waals surface area contributed by atoms with Gasteiger partial charge < -0.3 is 19.3 Å². The van der Waals surface area contributed by atoms with Crippen molar-refractivity contribution in [2.75, 3.05) is 19.7 Å². The summed E-state index contributed by atoms with van der Waals surface area (Å²) >= 11 is 0. The van der Waals surface area contributed by atoms with Gasteiger partial charge in [0, 0.05) is 38.0 Å². The molecule has 8 nitrogen and oxygen atoms in total. The van der Waals surface area contributed by atoms with Crippen molar-refractivity contribution >= 4 is 23.8 Å². The summed E-state index contributed by atoms with van der Waals surface area (Å²) in [4.78, 5) is 56.9. The van der Waals surface area contributed by atoms with Crippen molar-refractivity contribution in [3.63, 3.8) is 0 Å². The second kappa shape index (κ2) is 15.0. The first-order chi connectivity index (χ1) is 18.2. The van der Waals surface area contributed by atoms with Gasteiger partial charge in [0.25, 0.3) is 0 Å². The van der Waals surface area contributed by atoms with Crippen molar-refractivity contribution in [2.24, 2.45) is 35.5 Å². The van der Waals surface area contributed by atoms with Gasteiger partial charge in [-0.2, -0.15) is 0 Å². The van der Waals surface area contributed by atoms with Crippen molar-refractivity contribution in [1.29, 1.82) is 0 Å². The first kappa shape index (κ1) is 33.1. The van der Waals surface area contributed by atoms with Gasteiger partial charge in [-0.15, -0.1) is 0 Å². The van der Waals surface area contributed by atoms with Crippen LogP contribution in [0, 0.1) is 35.5 Å². The number of nitrogens with zero attached hydrogens (tertiary/aromatic N) is 2. The van der Waals surface area contributed by atoms with E-state index in [1.54, 1.807) is 13.8 Å². The molecule has 0 aromatic carbocycles. The lowest BCUT2D eigenvalue weighted by atomic mass is 9.78. The molecule has 5 atom stereocenters. The van der Waals surface area contributed by atoms with Crippen LogP contribution in [0.5, 0.6) is 0 Å². The van der Waals surface area contributed by atoms with Crippen molar-refractivity contribution in [2.45, 2.75) is 119 Å². The third kappa shape index (κ3) is 9.21. The van der Waals surface area contributed by atoms with Gasteiger partial charge in [0.15, 0.2) is 0 Å². The number of rotatable bonds is 15. The Bertz CT molecular complexity index is 839. The minimum atomic E-state index is -0.783. The number of ether oxygens (including phenoxy) is 2. The second-order valence-corrected chi connectivity index (χ2v) is 13.0. The van der Waals surface area contributed by atoms with Crippen LogP contribution in [0.15, 0.2) is 0 Å². The summed E-state index contributed by atoms with van der Waals surface area (Å²) in [7, 11) is 0. The molecule has 2 rings (SSSR count). The molecule has 0 N–H and O–H groups in total. The molecule has 2 heterocycles. The Labute approximate surface area is 236 Å². The van der Waals surface area contributed by atoms with E-state index in [-0.39, 0.29) is 54.4 Å². The number of hydrogen-bond acceptors (Lipinski definition) is 6. The third-order valence-corrected chi connectivity index (χ3v) is 8.62. The van der Waals surface area contributed by atoms with E-state index in [0.717, 1.165) is 12.8 Å². The molecule has 8 heteroatoms. The molecule has 39 heavy (non-hydrogen) atoms. The number of amides is 2. The zero-order valence-corrected chi connectivity index (χ0v) is 25.9. The van der Waals surface area contributed by atoms with Crippen LogP contribution in [0.3, 0.4) is 0 Å². The zero-order valence-electron chi connectivity index (χ0n) is 25.9. The molecule has 2 fully saturated rings.